The van der Waals surface area contributed by atoms with Gasteiger partial charge in [0.1, 0.15) is 11.8 Å². The smallest absolute Gasteiger partial charge is 0.270 e. The average molecular weight is 320 g/mol. The predicted molar refractivity (Wildman–Crippen MR) is 89.4 cm³/mol. The van der Waals surface area contributed by atoms with Crippen molar-refractivity contribution in [3.63, 3.8) is 0 Å². The molecular weight excluding hydrogens is 308 g/mol. The fourth-order valence-electron chi connectivity index (χ4n) is 2.40. The van der Waals surface area contributed by atoms with E-state index >= 15 is 0 Å². The van der Waals surface area contributed by atoms with Gasteiger partial charge in [0.2, 0.25) is 0 Å². The first-order chi connectivity index (χ1) is 11.6. The Hall–Kier alpha value is -3.66. The van der Waals surface area contributed by atoms with Gasteiger partial charge in [-0.2, -0.15) is 5.26 Å². The predicted octanol–water partition coefficient (Wildman–Crippen LogP) is 3.77. The zero-order valence-electron chi connectivity index (χ0n) is 12.7. The fourth-order valence-corrected chi connectivity index (χ4v) is 2.40. The van der Waals surface area contributed by atoms with Gasteiger partial charge in [0.25, 0.3) is 5.69 Å². The van der Waals surface area contributed by atoms with Crippen LogP contribution in [0.3, 0.4) is 0 Å². The monoisotopic (exact) mass is 320 g/mol. The van der Waals surface area contributed by atoms with Crippen LogP contribution in [0.15, 0.2) is 48.7 Å². The summed E-state index contributed by atoms with van der Waals surface area (Å²) in [6, 6.07) is 13.6. The first kappa shape index (κ1) is 15.2. The molecule has 0 fully saturated rings. The van der Waals surface area contributed by atoms with Crippen molar-refractivity contribution in [1.29, 1.82) is 5.26 Å². The Kier molecular flexibility index (Phi) is 3.95. The van der Waals surface area contributed by atoms with Crippen LogP contribution >= 0.6 is 0 Å². The number of nitro groups is 1. The highest BCUT2D eigenvalue weighted by atomic mass is 16.6. The number of hydrogen-bond donors (Lipinski definition) is 1. The number of ether oxygens (including phenoxy) is 1. The van der Waals surface area contributed by atoms with E-state index in [4.69, 9.17) is 4.74 Å². The van der Waals surface area contributed by atoms with Crippen LogP contribution in [0.25, 0.3) is 10.9 Å². The lowest BCUT2D eigenvalue weighted by atomic mass is 10.1. The van der Waals surface area contributed by atoms with Crippen LogP contribution in [0.2, 0.25) is 0 Å². The maximum Gasteiger partial charge on any atom is 0.270 e. The molecule has 3 rings (SSSR count). The fraction of sp³-hybridized carbons (Fsp3) is 0.0588. The van der Waals surface area contributed by atoms with E-state index in [-0.39, 0.29) is 11.3 Å². The van der Waals surface area contributed by atoms with Crippen molar-refractivity contribution < 1.29 is 9.66 Å². The molecule has 0 aliphatic carbocycles. The number of pyridine rings is 1. The van der Waals surface area contributed by atoms with Crippen molar-refractivity contribution in [2.24, 2.45) is 0 Å². The molecule has 0 radical (unpaired) electrons. The van der Waals surface area contributed by atoms with E-state index < -0.39 is 4.92 Å². The molecule has 0 spiro atoms. The van der Waals surface area contributed by atoms with Crippen molar-refractivity contribution in [2.45, 2.75) is 0 Å². The molecule has 24 heavy (non-hydrogen) atoms. The second-order valence-corrected chi connectivity index (χ2v) is 4.94. The molecule has 0 atom stereocenters. The molecule has 1 aromatic heterocycles. The zero-order chi connectivity index (χ0) is 17.1. The number of nitrogens with zero attached hydrogens (tertiary/aromatic N) is 3. The van der Waals surface area contributed by atoms with Crippen molar-refractivity contribution in [2.75, 3.05) is 12.4 Å². The molecule has 118 valence electrons. The van der Waals surface area contributed by atoms with Gasteiger partial charge in [-0.1, -0.05) is 12.1 Å². The van der Waals surface area contributed by atoms with Gasteiger partial charge < -0.3 is 10.1 Å². The minimum Gasteiger partial charge on any atom is -0.495 e. The number of benzene rings is 2. The molecule has 0 aliphatic heterocycles. The van der Waals surface area contributed by atoms with E-state index in [0.29, 0.717) is 28.0 Å². The Labute approximate surface area is 137 Å². The third kappa shape index (κ3) is 2.68. The quantitative estimate of drug-likeness (QED) is 0.580. The third-order valence-corrected chi connectivity index (χ3v) is 3.55. The van der Waals surface area contributed by atoms with Crippen molar-refractivity contribution >= 4 is 28.0 Å². The number of rotatable bonds is 4. The Morgan fingerprint density at radius 1 is 1.29 bits per heavy atom. The van der Waals surface area contributed by atoms with Gasteiger partial charge in [0.05, 0.1) is 34.5 Å². The molecule has 0 aliphatic rings. The molecular formula is C17H12N4O3. The zero-order valence-corrected chi connectivity index (χ0v) is 12.7. The SMILES string of the molecule is COc1ccccc1Nc1c(C#N)cnc2ccc([N+](=O)[O-])cc12. The lowest BCUT2D eigenvalue weighted by molar-refractivity contribution is -0.384. The van der Waals surface area contributed by atoms with Crippen molar-refractivity contribution in [3.8, 4) is 11.8 Å². The Morgan fingerprint density at radius 2 is 2.08 bits per heavy atom. The van der Waals surface area contributed by atoms with Crippen LogP contribution < -0.4 is 10.1 Å². The number of aromatic nitrogens is 1. The summed E-state index contributed by atoms with van der Waals surface area (Å²) in [5.41, 5.74) is 1.87. The highest BCUT2D eigenvalue weighted by Crippen LogP contribution is 2.34. The van der Waals surface area contributed by atoms with Gasteiger partial charge in [-0.3, -0.25) is 15.1 Å². The molecule has 0 saturated heterocycles. The summed E-state index contributed by atoms with van der Waals surface area (Å²) in [7, 11) is 1.54. The van der Waals surface area contributed by atoms with Crippen molar-refractivity contribution in [3.05, 3.63) is 64.3 Å². The number of para-hydroxylation sites is 2. The Bertz CT molecular complexity index is 979. The highest BCUT2D eigenvalue weighted by Gasteiger charge is 2.15. The maximum absolute atomic E-state index is 11.0. The Balaban J connectivity index is 2.22. The molecule has 1 N–H and O–H groups in total. The number of nitriles is 1. The molecule has 0 bridgehead atoms. The third-order valence-electron chi connectivity index (χ3n) is 3.55. The van der Waals surface area contributed by atoms with E-state index in [0.717, 1.165) is 0 Å². The summed E-state index contributed by atoms with van der Waals surface area (Å²) in [5, 5.41) is 24.1. The first-order valence-electron chi connectivity index (χ1n) is 7.01. The summed E-state index contributed by atoms with van der Waals surface area (Å²) in [5.74, 6) is 0.594. The lowest BCUT2D eigenvalue weighted by Gasteiger charge is -2.14. The minimum absolute atomic E-state index is 0.0672. The first-order valence-corrected chi connectivity index (χ1v) is 7.01. The van der Waals surface area contributed by atoms with Crippen LogP contribution in [0.5, 0.6) is 5.75 Å². The largest absolute Gasteiger partial charge is 0.495 e. The second kappa shape index (κ2) is 6.22. The molecule has 7 heteroatoms. The van der Waals surface area contributed by atoms with Gasteiger partial charge in [-0.05, 0) is 18.2 Å². The minimum atomic E-state index is -0.481. The molecule has 2 aromatic carbocycles. The number of non-ortho nitro benzene ring substituents is 1. The molecule has 7 nitrogen and oxygen atoms in total. The van der Waals surface area contributed by atoms with Gasteiger partial charge in [0.15, 0.2) is 0 Å². The number of nitrogens with one attached hydrogen (secondary N) is 1. The summed E-state index contributed by atoms with van der Waals surface area (Å²) >= 11 is 0. The lowest BCUT2D eigenvalue weighted by Crippen LogP contribution is -1.99. The van der Waals surface area contributed by atoms with Crippen LogP contribution in [0.4, 0.5) is 17.1 Å². The molecule has 0 saturated carbocycles. The van der Waals surface area contributed by atoms with Crippen molar-refractivity contribution in [1.82, 2.24) is 4.98 Å². The second-order valence-electron chi connectivity index (χ2n) is 4.94. The van der Waals surface area contributed by atoms with E-state index in [1.54, 1.807) is 25.3 Å². The van der Waals surface area contributed by atoms with Crippen LogP contribution in [-0.4, -0.2) is 17.0 Å². The standard InChI is InChI=1S/C17H12N4O3/c1-24-16-5-3-2-4-15(16)20-17-11(9-18)10-19-14-7-6-12(21(22)23)8-13(14)17/h2-8,10H,1H3,(H,19,20). The average Bonchev–Trinajstić information content (AvgIpc) is 2.62. The van der Waals surface area contributed by atoms with Gasteiger partial charge in [0, 0.05) is 23.7 Å². The normalized spacial score (nSPS) is 10.2. The van der Waals surface area contributed by atoms with E-state index in [1.807, 2.05) is 12.1 Å². The van der Waals surface area contributed by atoms with Gasteiger partial charge >= 0.3 is 0 Å². The van der Waals surface area contributed by atoms with E-state index in [1.165, 1.54) is 18.3 Å². The van der Waals surface area contributed by atoms with E-state index in [2.05, 4.69) is 16.4 Å². The van der Waals surface area contributed by atoms with Crippen LogP contribution in [0, 0.1) is 21.4 Å². The molecule has 1 heterocycles. The topological polar surface area (TPSA) is 101 Å². The van der Waals surface area contributed by atoms with Gasteiger partial charge in [-0.15, -0.1) is 0 Å². The summed E-state index contributed by atoms with van der Waals surface area (Å²) in [4.78, 5) is 14.7. The number of fused-ring (bicyclic) bond motifs is 1. The maximum atomic E-state index is 11.0. The Morgan fingerprint density at radius 3 is 2.79 bits per heavy atom. The van der Waals surface area contributed by atoms with E-state index in [9.17, 15) is 15.4 Å². The summed E-state index contributed by atoms with van der Waals surface area (Å²) < 4.78 is 5.30. The molecule has 3 aromatic rings. The van der Waals surface area contributed by atoms with Crippen LogP contribution in [0.1, 0.15) is 5.56 Å². The summed E-state index contributed by atoms with van der Waals surface area (Å²) in [6.07, 6.45) is 1.44. The highest BCUT2D eigenvalue weighted by molar-refractivity contribution is 5.97. The molecule has 0 amide bonds. The van der Waals surface area contributed by atoms with Gasteiger partial charge in [-0.25, -0.2) is 0 Å². The number of nitro benzene ring substituents is 1. The van der Waals surface area contributed by atoms with Crippen LogP contribution in [-0.2, 0) is 0 Å². The summed E-state index contributed by atoms with van der Waals surface area (Å²) in [6.45, 7) is 0. The molecule has 0 unspecified atom stereocenters. The number of anilines is 2. The number of hydrogen-bond acceptors (Lipinski definition) is 6. The number of methoxy groups -OCH3 is 1.